The van der Waals surface area contributed by atoms with E-state index in [4.69, 9.17) is 19.7 Å². The van der Waals surface area contributed by atoms with Gasteiger partial charge in [0.25, 0.3) is 0 Å². The van der Waals surface area contributed by atoms with Gasteiger partial charge in [0, 0.05) is 6.42 Å². The van der Waals surface area contributed by atoms with Gasteiger partial charge in [-0.15, -0.1) is 0 Å². The van der Waals surface area contributed by atoms with Crippen LogP contribution in [0, 0.1) is 0 Å². The van der Waals surface area contributed by atoms with Crippen LogP contribution in [0.3, 0.4) is 0 Å². The third kappa shape index (κ3) is 7.70. The maximum absolute atomic E-state index is 12.9. The minimum Gasteiger partial charge on any atom is -0.478 e. The Morgan fingerprint density at radius 1 is 0.882 bits per heavy atom. The number of ether oxygens (including phenoxy) is 2. The molecule has 0 radical (unpaired) electrons. The van der Waals surface area contributed by atoms with E-state index in [1.807, 2.05) is 0 Å². The lowest BCUT2D eigenvalue weighted by molar-refractivity contribution is -0.138. The minimum atomic E-state index is -4.48. The van der Waals surface area contributed by atoms with E-state index in [2.05, 4.69) is 0 Å². The van der Waals surface area contributed by atoms with E-state index < -0.39 is 54.0 Å². The van der Waals surface area contributed by atoms with E-state index in [1.165, 1.54) is 0 Å². The maximum atomic E-state index is 12.9. The molecule has 2 aromatic carbocycles. The van der Waals surface area contributed by atoms with E-state index in [0.29, 0.717) is 0 Å². The van der Waals surface area contributed by atoms with Gasteiger partial charge in [-0.25, -0.2) is 14.0 Å². The number of rotatable bonds is 4. The Kier molecular flexibility index (Phi) is 8.61. The zero-order valence-electron chi connectivity index (χ0n) is 16.9. The van der Waals surface area contributed by atoms with Crippen LogP contribution in [0.2, 0.25) is 0 Å². The van der Waals surface area contributed by atoms with Crippen molar-refractivity contribution < 1.29 is 60.0 Å². The molecule has 0 bridgehead atoms. The highest BCUT2D eigenvalue weighted by Crippen LogP contribution is 2.30. The fourth-order valence-electron chi connectivity index (χ4n) is 2.66. The van der Waals surface area contributed by atoms with Gasteiger partial charge in [0.1, 0.15) is 6.61 Å². The number of carboxylic acids is 1. The molecule has 13 heteroatoms. The Labute approximate surface area is 187 Å². The molecular formula is C21H17F7O6. The predicted molar refractivity (Wildman–Crippen MR) is 101 cm³/mol. The minimum absolute atomic E-state index is 0.0571. The highest BCUT2D eigenvalue weighted by Gasteiger charge is 2.35. The molecule has 34 heavy (non-hydrogen) atoms. The van der Waals surface area contributed by atoms with Gasteiger partial charge in [-0.1, -0.05) is 0 Å². The zero-order valence-corrected chi connectivity index (χ0v) is 16.9. The first kappa shape index (κ1) is 27.1. The molecule has 1 heterocycles. The number of carbonyl (C=O) groups is 2. The second-order valence-electron chi connectivity index (χ2n) is 6.95. The molecule has 1 aliphatic rings. The number of hydrogen-bond donors (Lipinski definition) is 2. The maximum Gasteiger partial charge on any atom is 0.416 e. The number of aromatic carboxylic acids is 1. The summed E-state index contributed by atoms with van der Waals surface area (Å²) in [6.07, 6.45) is -12.9. The Hall–Kier alpha value is -3.19. The van der Waals surface area contributed by atoms with Crippen molar-refractivity contribution in [2.75, 3.05) is 6.61 Å². The molecule has 186 valence electrons. The summed E-state index contributed by atoms with van der Waals surface area (Å²) in [5, 5.41) is 17.4. The number of aliphatic hydroxyl groups is 1. The summed E-state index contributed by atoms with van der Waals surface area (Å²) in [7, 11) is 0. The van der Waals surface area contributed by atoms with Crippen molar-refractivity contribution in [3.63, 3.8) is 0 Å². The Morgan fingerprint density at radius 2 is 1.32 bits per heavy atom. The molecule has 0 spiro atoms. The van der Waals surface area contributed by atoms with Crippen molar-refractivity contribution in [1.82, 2.24) is 0 Å². The molecule has 0 aliphatic carbocycles. The van der Waals surface area contributed by atoms with Gasteiger partial charge in [-0.3, -0.25) is 0 Å². The normalized spacial score (nSPS) is 20.3. The lowest BCUT2D eigenvalue weighted by atomic mass is 10.1. The molecule has 0 aromatic heterocycles. The van der Waals surface area contributed by atoms with E-state index in [-0.39, 0.29) is 24.2 Å². The molecule has 3 atom stereocenters. The first-order chi connectivity index (χ1) is 15.7. The monoisotopic (exact) mass is 498 g/mol. The first-order valence-electron chi connectivity index (χ1n) is 9.41. The molecule has 2 aromatic rings. The van der Waals surface area contributed by atoms with Crippen LogP contribution in [0.5, 0.6) is 0 Å². The molecule has 3 unspecified atom stereocenters. The number of halogens is 7. The second kappa shape index (κ2) is 10.8. The van der Waals surface area contributed by atoms with E-state index in [1.54, 1.807) is 0 Å². The fourth-order valence-corrected chi connectivity index (χ4v) is 2.66. The largest absolute Gasteiger partial charge is 0.478 e. The molecule has 1 saturated heterocycles. The number of hydrogen-bond acceptors (Lipinski definition) is 5. The summed E-state index contributed by atoms with van der Waals surface area (Å²) in [6.45, 7) is -0.280. The van der Waals surface area contributed by atoms with Crippen molar-refractivity contribution in [2.45, 2.75) is 37.3 Å². The van der Waals surface area contributed by atoms with E-state index in [0.717, 1.165) is 48.5 Å². The van der Waals surface area contributed by atoms with Crippen LogP contribution in [0.1, 0.15) is 38.3 Å². The van der Waals surface area contributed by atoms with Crippen LogP contribution in [0.15, 0.2) is 48.5 Å². The number of carbonyl (C=O) groups excluding carboxylic acids is 1. The summed E-state index contributed by atoms with van der Waals surface area (Å²) in [5.74, 6) is -2.09. The van der Waals surface area contributed by atoms with Crippen LogP contribution in [-0.2, 0) is 21.8 Å². The molecule has 1 fully saturated rings. The molecule has 2 N–H and O–H groups in total. The van der Waals surface area contributed by atoms with E-state index >= 15 is 0 Å². The van der Waals surface area contributed by atoms with Crippen molar-refractivity contribution in [3.05, 3.63) is 70.8 Å². The van der Waals surface area contributed by atoms with Crippen LogP contribution < -0.4 is 0 Å². The van der Waals surface area contributed by atoms with Crippen LogP contribution >= 0.6 is 0 Å². The SMILES string of the molecule is O=C(O)c1ccc(C(F)(F)F)cc1.O=C(OCC1CC(F)C(O)O1)c1ccc(C(F)(F)F)cc1. The summed E-state index contributed by atoms with van der Waals surface area (Å²) in [4.78, 5) is 21.9. The summed E-state index contributed by atoms with van der Waals surface area (Å²) < 4.78 is 95.5. The Morgan fingerprint density at radius 3 is 1.68 bits per heavy atom. The lowest BCUT2D eigenvalue weighted by Gasteiger charge is -2.11. The van der Waals surface area contributed by atoms with Crippen molar-refractivity contribution in [1.29, 1.82) is 0 Å². The lowest BCUT2D eigenvalue weighted by Crippen LogP contribution is -2.20. The number of esters is 1. The van der Waals surface area contributed by atoms with E-state index in [9.17, 15) is 40.3 Å². The summed E-state index contributed by atoms with van der Waals surface area (Å²) >= 11 is 0. The average Bonchev–Trinajstić information content (AvgIpc) is 3.08. The number of alkyl halides is 7. The molecule has 3 rings (SSSR count). The number of carboxylic acid groups (broad SMARTS) is 1. The zero-order chi connectivity index (χ0) is 25.7. The standard InChI is InChI=1S/C13H12F4O4.C8H5F3O2/c14-10-5-9(21-12(10)19)6-20-11(18)7-1-3-8(4-2-7)13(15,16)17;9-8(10,11)6-3-1-5(2-4-6)7(12)13/h1-4,9-10,12,19H,5-6H2;1-4H,(H,12,13). The third-order valence-corrected chi connectivity index (χ3v) is 4.44. The van der Waals surface area contributed by atoms with Gasteiger partial charge in [0.2, 0.25) is 0 Å². The fraction of sp³-hybridized carbons (Fsp3) is 0.333. The van der Waals surface area contributed by atoms with Crippen molar-refractivity contribution in [2.24, 2.45) is 0 Å². The van der Waals surface area contributed by atoms with Crippen LogP contribution in [0.25, 0.3) is 0 Å². The Balaban J connectivity index is 0.000000270. The second-order valence-corrected chi connectivity index (χ2v) is 6.95. The van der Waals surface area contributed by atoms with Crippen molar-refractivity contribution in [3.8, 4) is 0 Å². The highest BCUT2D eigenvalue weighted by atomic mass is 19.4. The van der Waals surface area contributed by atoms with Gasteiger partial charge in [0.05, 0.1) is 28.4 Å². The molecule has 0 amide bonds. The van der Waals surface area contributed by atoms with Gasteiger partial charge in [-0.05, 0) is 48.5 Å². The quantitative estimate of drug-likeness (QED) is 0.469. The summed E-state index contributed by atoms with van der Waals surface area (Å²) in [6, 6.07) is 6.85. The Bertz CT molecular complexity index is 961. The highest BCUT2D eigenvalue weighted by molar-refractivity contribution is 5.89. The van der Waals surface area contributed by atoms with Crippen LogP contribution in [0.4, 0.5) is 30.7 Å². The summed E-state index contributed by atoms with van der Waals surface area (Å²) in [5.41, 5.74) is -1.94. The number of benzene rings is 2. The third-order valence-electron chi connectivity index (χ3n) is 4.44. The average molecular weight is 498 g/mol. The molecule has 1 aliphatic heterocycles. The first-order valence-corrected chi connectivity index (χ1v) is 9.41. The predicted octanol–water partition coefficient (Wildman–Crippen LogP) is 4.71. The molecule has 0 saturated carbocycles. The van der Waals surface area contributed by atoms with Crippen LogP contribution in [-0.4, -0.2) is 47.3 Å². The van der Waals surface area contributed by atoms with Gasteiger partial charge in [-0.2, -0.15) is 26.3 Å². The van der Waals surface area contributed by atoms with Gasteiger partial charge >= 0.3 is 24.3 Å². The molecular weight excluding hydrogens is 481 g/mol. The topological polar surface area (TPSA) is 93.1 Å². The molecule has 6 nitrogen and oxygen atoms in total. The number of aliphatic hydroxyl groups excluding tert-OH is 1. The van der Waals surface area contributed by atoms with Crippen molar-refractivity contribution >= 4 is 11.9 Å². The van der Waals surface area contributed by atoms with Gasteiger partial charge < -0.3 is 19.7 Å². The smallest absolute Gasteiger partial charge is 0.416 e. The van der Waals surface area contributed by atoms with Gasteiger partial charge in [0.15, 0.2) is 12.5 Å².